The smallest absolute Gasteiger partial charge is 0.270 e. The molecular formula is C20H19N3O3. The number of para-hydroxylation sites is 2. The van der Waals surface area contributed by atoms with Gasteiger partial charge in [0, 0.05) is 19.4 Å². The van der Waals surface area contributed by atoms with Crippen molar-refractivity contribution in [1.29, 1.82) is 0 Å². The summed E-state index contributed by atoms with van der Waals surface area (Å²) in [5.74, 6) is -0.0899. The van der Waals surface area contributed by atoms with Gasteiger partial charge in [0.1, 0.15) is 5.69 Å². The van der Waals surface area contributed by atoms with Gasteiger partial charge in [-0.15, -0.1) is 0 Å². The van der Waals surface area contributed by atoms with E-state index in [-0.39, 0.29) is 30.9 Å². The second kappa shape index (κ2) is 6.72. The largest absolute Gasteiger partial charge is 0.387 e. The highest BCUT2D eigenvalue weighted by Gasteiger charge is 2.26. The van der Waals surface area contributed by atoms with Crippen LogP contribution in [0.3, 0.4) is 0 Å². The highest BCUT2D eigenvalue weighted by atomic mass is 16.3. The summed E-state index contributed by atoms with van der Waals surface area (Å²) in [5, 5.41) is 10.3. The number of aromatic amines is 1. The van der Waals surface area contributed by atoms with Gasteiger partial charge in [-0.25, -0.2) is 4.98 Å². The number of amides is 1. The molecule has 0 spiro atoms. The highest BCUT2D eigenvalue weighted by Crippen LogP contribution is 2.26. The van der Waals surface area contributed by atoms with E-state index in [2.05, 4.69) is 9.97 Å². The van der Waals surface area contributed by atoms with Crippen molar-refractivity contribution in [3.05, 3.63) is 75.7 Å². The molecule has 0 saturated heterocycles. The Labute approximate surface area is 150 Å². The minimum Gasteiger partial charge on any atom is -0.387 e. The second-order valence-corrected chi connectivity index (χ2v) is 6.52. The van der Waals surface area contributed by atoms with E-state index in [0.717, 1.165) is 11.1 Å². The van der Waals surface area contributed by atoms with Crippen LogP contribution in [0.4, 0.5) is 0 Å². The van der Waals surface area contributed by atoms with Crippen LogP contribution in [0.2, 0.25) is 0 Å². The lowest BCUT2D eigenvalue weighted by Gasteiger charge is -2.32. The van der Waals surface area contributed by atoms with Gasteiger partial charge in [0.05, 0.1) is 23.7 Å². The normalized spacial score (nSPS) is 16.5. The molecule has 0 radical (unpaired) electrons. The van der Waals surface area contributed by atoms with Crippen molar-refractivity contribution in [2.45, 2.75) is 25.5 Å². The number of nitrogens with one attached hydrogen (secondary N) is 1. The van der Waals surface area contributed by atoms with Crippen molar-refractivity contribution >= 4 is 16.9 Å². The third-order valence-corrected chi connectivity index (χ3v) is 4.77. The van der Waals surface area contributed by atoms with Crippen LogP contribution in [0.1, 0.15) is 29.3 Å². The van der Waals surface area contributed by atoms with E-state index in [1.54, 1.807) is 11.0 Å². The van der Waals surface area contributed by atoms with Crippen LogP contribution in [-0.2, 0) is 17.8 Å². The van der Waals surface area contributed by atoms with E-state index in [1.165, 1.54) is 0 Å². The standard InChI is InChI=1S/C20H19N3O3/c24-18-12-23(11-13-5-1-2-6-14(13)18)19(25)10-9-17-20(26)22-16-8-4-3-7-15(16)21-17/h1-8,18,24H,9-12H2,(H,22,26). The van der Waals surface area contributed by atoms with Crippen molar-refractivity contribution < 1.29 is 9.90 Å². The summed E-state index contributed by atoms with van der Waals surface area (Å²) in [7, 11) is 0. The van der Waals surface area contributed by atoms with Crippen molar-refractivity contribution in [1.82, 2.24) is 14.9 Å². The molecule has 3 aromatic rings. The number of aryl methyl sites for hydroxylation is 1. The number of aromatic nitrogens is 2. The molecule has 6 nitrogen and oxygen atoms in total. The fraction of sp³-hybridized carbons (Fsp3) is 0.250. The maximum Gasteiger partial charge on any atom is 0.270 e. The Balaban J connectivity index is 1.48. The molecule has 0 aliphatic carbocycles. The predicted octanol–water partition coefficient (Wildman–Crippen LogP) is 1.93. The summed E-state index contributed by atoms with van der Waals surface area (Å²) < 4.78 is 0. The molecule has 0 bridgehead atoms. The second-order valence-electron chi connectivity index (χ2n) is 6.52. The molecule has 132 valence electrons. The number of nitrogens with zero attached hydrogens (tertiary/aromatic N) is 2. The lowest BCUT2D eigenvalue weighted by molar-refractivity contribution is -0.134. The van der Waals surface area contributed by atoms with Crippen LogP contribution >= 0.6 is 0 Å². The molecule has 6 heteroatoms. The quantitative estimate of drug-likeness (QED) is 0.756. The number of rotatable bonds is 3. The first kappa shape index (κ1) is 16.5. The molecule has 1 aromatic heterocycles. The van der Waals surface area contributed by atoms with Gasteiger partial charge >= 0.3 is 0 Å². The Morgan fingerprint density at radius 1 is 1.19 bits per heavy atom. The average Bonchev–Trinajstić information content (AvgIpc) is 2.66. The van der Waals surface area contributed by atoms with Gasteiger partial charge in [0.2, 0.25) is 5.91 Å². The number of fused-ring (bicyclic) bond motifs is 2. The van der Waals surface area contributed by atoms with Gasteiger partial charge < -0.3 is 15.0 Å². The summed E-state index contributed by atoms with van der Waals surface area (Å²) in [4.78, 5) is 33.5. The fourth-order valence-corrected chi connectivity index (χ4v) is 3.39. The first-order valence-electron chi connectivity index (χ1n) is 8.63. The monoisotopic (exact) mass is 349 g/mol. The molecule has 2 N–H and O–H groups in total. The zero-order valence-corrected chi connectivity index (χ0v) is 14.2. The number of carbonyl (C=O) groups excluding carboxylic acids is 1. The molecule has 26 heavy (non-hydrogen) atoms. The summed E-state index contributed by atoms with van der Waals surface area (Å²) in [6.07, 6.45) is -0.220. The fourth-order valence-electron chi connectivity index (χ4n) is 3.39. The summed E-state index contributed by atoms with van der Waals surface area (Å²) in [6, 6.07) is 14.9. The SMILES string of the molecule is O=C(CCc1nc2ccccc2[nH]c1=O)N1Cc2ccccc2C(O)C1. The van der Waals surface area contributed by atoms with Crippen molar-refractivity contribution in [3.63, 3.8) is 0 Å². The van der Waals surface area contributed by atoms with Crippen molar-refractivity contribution in [2.75, 3.05) is 6.54 Å². The first-order valence-corrected chi connectivity index (χ1v) is 8.63. The number of benzene rings is 2. The number of carbonyl (C=O) groups is 1. The number of hydrogen-bond donors (Lipinski definition) is 2. The minimum atomic E-state index is -0.675. The molecule has 1 unspecified atom stereocenters. The van der Waals surface area contributed by atoms with E-state index in [9.17, 15) is 14.7 Å². The van der Waals surface area contributed by atoms with Crippen LogP contribution in [0.5, 0.6) is 0 Å². The number of hydrogen-bond acceptors (Lipinski definition) is 4. The van der Waals surface area contributed by atoms with Crippen LogP contribution in [0, 0.1) is 0 Å². The van der Waals surface area contributed by atoms with E-state index < -0.39 is 6.10 Å². The zero-order chi connectivity index (χ0) is 18.1. The zero-order valence-electron chi connectivity index (χ0n) is 14.2. The minimum absolute atomic E-state index is 0.0899. The maximum atomic E-state index is 12.6. The third kappa shape index (κ3) is 3.11. The van der Waals surface area contributed by atoms with Crippen LogP contribution in [0.15, 0.2) is 53.3 Å². The van der Waals surface area contributed by atoms with Gasteiger partial charge in [-0.3, -0.25) is 9.59 Å². The number of H-pyrrole nitrogens is 1. The first-order chi connectivity index (χ1) is 12.6. The van der Waals surface area contributed by atoms with Gasteiger partial charge in [0.25, 0.3) is 5.56 Å². The number of aliphatic hydroxyl groups is 1. The van der Waals surface area contributed by atoms with E-state index >= 15 is 0 Å². The highest BCUT2D eigenvalue weighted by molar-refractivity contribution is 5.77. The molecule has 1 aliphatic heterocycles. The molecule has 2 aromatic carbocycles. The molecule has 1 atom stereocenters. The Morgan fingerprint density at radius 3 is 2.85 bits per heavy atom. The molecule has 4 rings (SSSR count). The number of β-amino-alcohol motifs (C(OH)–C–C–N with tert-alkyl or cyclic N) is 1. The van der Waals surface area contributed by atoms with Gasteiger partial charge in [-0.2, -0.15) is 0 Å². The van der Waals surface area contributed by atoms with E-state index in [0.29, 0.717) is 23.3 Å². The van der Waals surface area contributed by atoms with Crippen LogP contribution in [0.25, 0.3) is 11.0 Å². The van der Waals surface area contributed by atoms with E-state index in [4.69, 9.17) is 0 Å². The maximum absolute atomic E-state index is 12.6. The Morgan fingerprint density at radius 2 is 1.96 bits per heavy atom. The van der Waals surface area contributed by atoms with Crippen molar-refractivity contribution in [3.8, 4) is 0 Å². The molecular weight excluding hydrogens is 330 g/mol. The molecule has 1 aliphatic rings. The summed E-state index contributed by atoms with van der Waals surface area (Å²) in [6.45, 7) is 0.755. The van der Waals surface area contributed by atoms with Crippen molar-refractivity contribution in [2.24, 2.45) is 0 Å². The van der Waals surface area contributed by atoms with Gasteiger partial charge in [-0.05, 0) is 23.3 Å². The Hall–Kier alpha value is -2.99. The lowest BCUT2D eigenvalue weighted by atomic mass is 9.97. The predicted molar refractivity (Wildman–Crippen MR) is 97.5 cm³/mol. The van der Waals surface area contributed by atoms with Gasteiger partial charge in [-0.1, -0.05) is 36.4 Å². The van der Waals surface area contributed by atoms with Crippen LogP contribution < -0.4 is 5.56 Å². The molecule has 1 amide bonds. The van der Waals surface area contributed by atoms with Crippen LogP contribution in [-0.4, -0.2) is 32.4 Å². The Bertz CT molecular complexity index is 1030. The summed E-state index contributed by atoms with van der Waals surface area (Å²) in [5.41, 5.74) is 3.32. The van der Waals surface area contributed by atoms with E-state index in [1.807, 2.05) is 42.5 Å². The average molecular weight is 349 g/mol. The molecule has 0 fully saturated rings. The molecule has 0 saturated carbocycles. The Kier molecular flexibility index (Phi) is 4.26. The topological polar surface area (TPSA) is 86.3 Å². The summed E-state index contributed by atoms with van der Waals surface area (Å²) >= 11 is 0. The molecule has 2 heterocycles. The lowest BCUT2D eigenvalue weighted by Crippen LogP contribution is -2.38. The third-order valence-electron chi connectivity index (χ3n) is 4.77. The van der Waals surface area contributed by atoms with Gasteiger partial charge in [0.15, 0.2) is 0 Å². The number of aliphatic hydroxyl groups excluding tert-OH is 1.